The Balaban J connectivity index is 1.61. The molecular weight excluding hydrogens is 318 g/mol. The first-order chi connectivity index (χ1) is 10.9. The van der Waals surface area contributed by atoms with E-state index in [1.54, 1.807) is 6.07 Å². The molecule has 6 heteroatoms. The zero-order chi connectivity index (χ0) is 16.4. The van der Waals surface area contributed by atoms with Crippen LogP contribution in [0.5, 0.6) is 0 Å². The zero-order valence-electron chi connectivity index (χ0n) is 13.0. The van der Waals surface area contributed by atoms with Gasteiger partial charge in [-0.2, -0.15) is 0 Å². The average Bonchev–Trinajstić information content (AvgIpc) is 3.19. The van der Waals surface area contributed by atoms with Crippen LogP contribution in [-0.4, -0.2) is 35.5 Å². The molecule has 2 aliphatic rings. The van der Waals surface area contributed by atoms with E-state index in [0.717, 1.165) is 36.9 Å². The van der Waals surface area contributed by atoms with Gasteiger partial charge in [-0.05, 0) is 50.2 Å². The molecular formula is C17H18F2N2OS. The number of fused-ring (bicyclic) bond motifs is 3. The van der Waals surface area contributed by atoms with Gasteiger partial charge in [-0.25, -0.2) is 8.78 Å². The topological polar surface area (TPSA) is 32.3 Å². The van der Waals surface area contributed by atoms with E-state index in [2.05, 4.69) is 24.1 Å². The molecule has 0 spiro atoms. The Bertz CT molecular complexity index is 801. The molecule has 4 rings (SSSR count). The van der Waals surface area contributed by atoms with E-state index < -0.39 is 11.6 Å². The molecule has 1 aromatic carbocycles. The quantitative estimate of drug-likeness (QED) is 0.912. The van der Waals surface area contributed by atoms with Crippen molar-refractivity contribution in [2.45, 2.75) is 31.8 Å². The molecule has 1 N–H and O–H groups in total. The van der Waals surface area contributed by atoms with Crippen LogP contribution in [-0.2, 0) is 0 Å². The Labute approximate surface area is 137 Å². The SMILES string of the molecule is CC1(C)[C@H](NC(=O)c2cc3ccc(F)c(F)c3s2)C2CCN1C2. The number of carbonyl (C=O) groups excluding carboxylic acids is 1. The maximum Gasteiger partial charge on any atom is 0.261 e. The molecule has 3 nitrogen and oxygen atoms in total. The average molecular weight is 336 g/mol. The molecule has 23 heavy (non-hydrogen) atoms. The summed E-state index contributed by atoms with van der Waals surface area (Å²) in [5.41, 5.74) is -0.0629. The van der Waals surface area contributed by atoms with Crippen LogP contribution in [0.2, 0.25) is 0 Å². The lowest BCUT2D eigenvalue weighted by atomic mass is 9.85. The third kappa shape index (κ3) is 2.19. The summed E-state index contributed by atoms with van der Waals surface area (Å²) in [7, 11) is 0. The van der Waals surface area contributed by atoms with E-state index in [-0.39, 0.29) is 22.2 Å². The number of nitrogens with one attached hydrogen (secondary N) is 1. The summed E-state index contributed by atoms with van der Waals surface area (Å²) in [4.78, 5) is 15.4. The second-order valence-corrected chi connectivity index (χ2v) is 8.04. The van der Waals surface area contributed by atoms with Crippen LogP contribution in [0.4, 0.5) is 8.78 Å². The summed E-state index contributed by atoms with van der Waals surface area (Å²) in [6, 6.07) is 4.33. The highest BCUT2D eigenvalue weighted by atomic mass is 32.1. The van der Waals surface area contributed by atoms with E-state index in [0.29, 0.717) is 16.2 Å². The van der Waals surface area contributed by atoms with Gasteiger partial charge in [0.25, 0.3) is 5.91 Å². The van der Waals surface area contributed by atoms with Gasteiger partial charge in [0.2, 0.25) is 0 Å². The van der Waals surface area contributed by atoms with Crippen molar-refractivity contribution in [2.75, 3.05) is 13.1 Å². The number of thiophene rings is 1. The first-order valence-corrected chi connectivity index (χ1v) is 8.63. The summed E-state index contributed by atoms with van der Waals surface area (Å²) >= 11 is 1.01. The lowest BCUT2D eigenvalue weighted by Gasteiger charge is -2.40. The number of benzene rings is 1. The normalized spacial score (nSPS) is 28.4. The summed E-state index contributed by atoms with van der Waals surface area (Å²) in [6.45, 7) is 6.40. The smallest absolute Gasteiger partial charge is 0.261 e. The standard InChI is InChI=1S/C17H18F2N2OS/c1-17(2)15(10-5-6-21(17)8-10)20-16(22)12-7-9-3-4-11(18)13(19)14(9)23-12/h3-4,7,10,15H,5-6,8H2,1-2H3,(H,20,22)/t10?,15-/m1/s1. The molecule has 122 valence electrons. The van der Waals surface area contributed by atoms with E-state index in [1.165, 1.54) is 6.07 Å². The molecule has 1 amide bonds. The first-order valence-electron chi connectivity index (χ1n) is 7.81. The van der Waals surface area contributed by atoms with Crippen LogP contribution in [0.1, 0.15) is 29.9 Å². The van der Waals surface area contributed by atoms with Crippen molar-refractivity contribution in [3.8, 4) is 0 Å². The molecule has 0 radical (unpaired) electrons. The summed E-state index contributed by atoms with van der Waals surface area (Å²) in [6.07, 6.45) is 1.10. The van der Waals surface area contributed by atoms with Crippen molar-refractivity contribution in [2.24, 2.45) is 5.92 Å². The first kappa shape index (κ1) is 15.0. The van der Waals surface area contributed by atoms with Crippen molar-refractivity contribution in [3.63, 3.8) is 0 Å². The molecule has 1 aromatic heterocycles. The molecule has 3 heterocycles. The van der Waals surface area contributed by atoms with Crippen LogP contribution in [0.25, 0.3) is 10.1 Å². The predicted octanol–water partition coefficient (Wildman–Crippen LogP) is 3.39. The summed E-state index contributed by atoms with van der Waals surface area (Å²) in [5, 5.41) is 3.69. The molecule has 2 aromatic rings. The van der Waals surface area contributed by atoms with Crippen molar-refractivity contribution in [3.05, 3.63) is 34.7 Å². The molecule has 0 saturated carbocycles. The Morgan fingerprint density at radius 1 is 1.39 bits per heavy atom. The molecule has 2 fully saturated rings. The van der Waals surface area contributed by atoms with E-state index in [4.69, 9.17) is 0 Å². The number of piperidine rings is 1. The highest BCUT2D eigenvalue weighted by Crippen LogP contribution is 2.40. The van der Waals surface area contributed by atoms with E-state index in [1.807, 2.05) is 0 Å². The minimum absolute atomic E-state index is 0.0629. The number of hydrogen-bond donors (Lipinski definition) is 1. The van der Waals surface area contributed by atoms with Gasteiger partial charge in [-0.3, -0.25) is 9.69 Å². The Morgan fingerprint density at radius 3 is 2.87 bits per heavy atom. The molecule has 2 bridgehead atoms. The third-order valence-electron chi connectivity index (χ3n) is 5.36. The van der Waals surface area contributed by atoms with Crippen LogP contribution >= 0.6 is 11.3 Å². The summed E-state index contributed by atoms with van der Waals surface area (Å²) < 4.78 is 27.3. The fourth-order valence-corrected chi connectivity index (χ4v) is 5.01. The fraction of sp³-hybridized carbons (Fsp3) is 0.471. The van der Waals surface area contributed by atoms with Crippen molar-refractivity contribution < 1.29 is 13.6 Å². The van der Waals surface area contributed by atoms with Crippen molar-refractivity contribution >= 4 is 27.3 Å². The maximum atomic E-state index is 13.8. The molecule has 2 aliphatic heterocycles. The van der Waals surface area contributed by atoms with Crippen LogP contribution < -0.4 is 5.32 Å². The van der Waals surface area contributed by atoms with E-state index >= 15 is 0 Å². The monoisotopic (exact) mass is 336 g/mol. The van der Waals surface area contributed by atoms with Gasteiger partial charge < -0.3 is 5.32 Å². The molecule has 2 saturated heterocycles. The Hall–Kier alpha value is -1.53. The number of carbonyl (C=O) groups is 1. The van der Waals surface area contributed by atoms with Gasteiger partial charge in [-0.15, -0.1) is 11.3 Å². The Kier molecular flexibility index (Phi) is 3.25. The zero-order valence-corrected chi connectivity index (χ0v) is 13.8. The molecule has 3 atom stereocenters. The van der Waals surface area contributed by atoms with Crippen LogP contribution in [0.15, 0.2) is 18.2 Å². The number of amides is 1. The number of hydrogen-bond acceptors (Lipinski definition) is 3. The second-order valence-electron chi connectivity index (χ2n) is 6.99. The van der Waals surface area contributed by atoms with Gasteiger partial charge in [0.15, 0.2) is 11.6 Å². The Morgan fingerprint density at radius 2 is 2.17 bits per heavy atom. The third-order valence-corrected chi connectivity index (χ3v) is 6.50. The van der Waals surface area contributed by atoms with Crippen LogP contribution in [0, 0.1) is 17.6 Å². The maximum absolute atomic E-state index is 13.8. The lowest BCUT2D eigenvalue weighted by Crippen LogP contribution is -2.56. The van der Waals surface area contributed by atoms with E-state index in [9.17, 15) is 13.6 Å². The van der Waals surface area contributed by atoms with Gasteiger partial charge in [0, 0.05) is 12.1 Å². The lowest BCUT2D eigenvalue weighted by molar-refractivity contribution is 0.0839. The number of halogens is 2. The van der Waals surface area contributed by atoms with Crippen LogP contribution in [0.3, 0.4) is 0 Å². The van der Waals surface area contributed by atoms with Crippen molar-refractivity contribution in [1.82, 2.24) is 10.2 Å². The number of nitrogens with zero attached hydrogens (tertiary/aromatic N) is 1. The van der Waals surface area contributed by atoms with Crippen molar-refractivity contribution in [1.29, 1.82) is 0 Å². The minimum atomic E-state index is -0.881. The highest BCUT2D eigenvalue weighted by Gasteiger charge is 2.51. The van der Waals surface area contributed by atoms with Gasteiger partial charge in [0.05, 0.1) is 15.6 Å². The second kappa shape index (κ2) is 4.98. The number of rotatable bonds is 2. The van der Waals surface area contributed by atoms with Gasteiger partial charge in [0.1, 0.15) is 0 Å². The molecule has 2 unspecified atom stereocenters. The molecule has 0 aliphatic carbocycles. The fourth-order valence-electron chi connectivity index (χ4n) is 4.02. The minimum Gasteiger partial charge on any atom is -0.346 e. The van der Waals surface area contributed by atoms with Gasteiger partial charge in [-0.1, -0.05) is 6.07 Å². The highest BCUT2D eigenvalue weighted by molar-refractivity contribution is 7.20. The summed E-state index contributed by atoms with van der Waals surface area (Å²) in [5.74, 6) is -1.48. The largest absolute Gasteiger partial charge is 0.346 e. The predicted molar refractivity (Wildman–Crippen MR) is 86.8 cm³/mol. The van der Waals surface area contributed by atoms with Gasteiger partial charge >= 0.3 is 0 Å².